The van der Waals surface area contributed by atoms with Crippen LogP contribution in [0, 0.1) is 5.92 Å². The molecule has 1 aliphatic rings. The fraction of sp³-hybridized carbons (Fsp3) is 0.176. The van der Waals surface area contributed by atoms with Crippen molar-refractivity contribution in [3.05, 3.63) is 64.1 Å². The van der Waals surface area contributed by atoms with Crippen molar-refractivity contribution in [3.63, 3.8) is 0 Å². The molecule has 5 heteroatoms. The molecule has 0 heterocycles. The lowest BCUT2D eigenvalue weighted by molar-refractivity contribution is -0.122. The van der Waals surface area contributed by atoms with Crippen molar-refractivity contribution in [2.24, 2.45) is 11.0 Å². The highest BCUT2D eigenvalue weighted by Gasteiger charge is 2.43. The number of hydrogen-bond acceptors (Lipinski definition) is 3. The Morgan fingerprint density at radius 1 is 1.27 bits per heavy atom. The zero-order valence-corrected chi connectivity index (χ0v) is 13.3. The van der Waals surface area contributed by atoms with Crippen LogP contribution in [0.25, 0.3) is 0 Å². The largest absolute Gasteiger partial charge is 0.507 e. The summed E-state index contributed by atoms with van der Waals surface area (Å²) in [4.78, 5) is 12.0. The lowest BCUT2D eigenvalue weighted by Crippen LogP contribution is -2.20. The lowest BCUT2D eigenvalue weighted by Gasteiger charge is -2.01. The van der Waals surface area contributed by atoms with Gasteiger partial charge in [-0.2, -0.15) is 5.10 Å². The van der Waals surface area contributed by atoms with Crippen LogP contribution in [0.4, 0.5) is 0 Å². The van der Waals surface area contributed by atoms with Gasteiger partial charge in [-0.15, -0.1) is 0 Å². The molecule has 0 spiro atoms. The molecular weight excluding hydrogens is 344 g/mol. The van der Waals surface area contributed by atoms with Crippen molar-refractivity contribution in [1.29, 1.82) is 0 Å². The molecule has 2 aromatic carbocycles. The standard InChI is InChI=1S/C17H15BrN2O2/c18-13-6-7-16(21)12(8-13)10-19-20-17(22)15-9-14(15)11-4-2-1-3-5-11/h1-8,10,14-15,21H,9H2,(H,20,22)/b19-10+. The number of carbonyl (C=O) groups is 1. The third-order valence-electron chi connectivity index (χ3n) is 3.72. The number of phenols is 1. The van der Waals surface area contributed by atoms with Gasteiger partial charge in [0.2, 0.25) is 5.91 Å². The Balaban J connectivity index is 1.57. The van der Waals surface area contributed by atoms with Crippen LogP contribution in [0.15, 0.2) is 58.1 Å². The first-order valence-electron chi connectivity index (χ1n) is 7.01. The lowest BCUT2D eigenvalue weighted by atomic mass is 10.1. The molecule has 1 amide bonds. The highest BCUT2D eigenvalue weighted by Crippen LogP contribution is 2.47. The second-order valence-electron chi connectivity index (χ2n) is 5.30. The molecule has 112 valence electrons. The van der Waals surface area contributed by atoms with Crippen LogP contribution < -0.4 is 5.43 Å². The van der Waals surface area contributed by atoms with Crippen molar-refractivity contribution in [2.45, 2.75) is 12.3 Å². The van der Waals surface area contributed by atoms with Crippen molar-refractivity contribution >= 4 is 28.1 Å². The minimum absolute atomic E-state index is 0.0179. The summed E-state index contributed by atoms with van der Waals surface area (Å²) >= 11 is 3.32. The van der Waals surface area contributed by atoms with Gasteiger partial charge in [-0.05, 0) is 36.1 Å². The van der Waals surface area contributed by atoms with E-state index in [0.717, 1.165) is 10.9 Å². The predicted molar refractivity (Wildman–Crippen MR) is 88.8 cm³/mol. The molecule has 0 saturated heterocycles. The highest BCUT2D eigenvalue weighted by molar-refractivity contribution is 9.10. The normalized spacial score (nSPS) is 20.0. The van der Waals surface area contributed by atoms with E-state index in [0.29, 0.717) is 5.56 Å². The number of nitrogens with one attached hydrogen (secondary N) is 1. The van der Waals surface area contributed by atoms with E-state index in [9.17, 15) is 9.90 Å². The van der Waals surface area contributed by atoms with Gasteiger partial charge in [0.15, 0.2) is 0 Å². The van der Waals surface area contributed by atoms with Crippen LogP contribution in [-0.2, 0) is 4.79 Å². The predicted octanol–water partition coefficient (Wildman–Crippen LogP) is 3.41. The van der Waals surface area contributed by atoms with Gasteiger partial charge in [-0.25, -0.2) is 5.43 Å². The first-order valence-corrected chi connectivity index (χ1v) is 7.81. The molecule has 4 nitrogen and oxygen atoms in total. The summed E-state index contributed by atoms with van der Waals surface area (Å²) in [5.74, 6) is 0.306. The molecule has 22 heavy (non-hydrogen) atoms. The summed E-state index contributed by atoms with van der Waals surface area (Å²) in [6.07, 6.45) is 2.30. The van der Waals surface area contributed by atoms with Crippen molar-refractivity contribution in [1.82, 2.24) is 5.43 Å². The van der Waals surface area contributed by atoms with E-state index in [1.807, 2.05) is 30.3 Å². The third kappa shape index (κ3) is 3.36. The van der Waals surface area contributed by atoms with Gasteiger partial charge in [-0.3, -0.25) is 4.79 Å². The number of nitrogens with zero attached hydrogens (tertiary/aromatic N) is 1. The smallest absolute Gasteiger partial charge is 0.243 e. The molecule has 0 bridgehead atoms. The molecular formula is C17H15BrN2O2. The van der Waals surface area contributed by atoms with Gasteiger partial charge < -0.3 is 5.11 Å². The molecule has 1 fully saturated rings. The van der Waals surface area contributed by atoms with E-state index in [1.165, 1.54) is 11.8 Å². The zero-order chi connectivity index (χ0) is 15.5. The van der Waals surface area contributed by atoms with E-state index in [-0.39, 0.29) is 23.5 Å². The number of hydrazone groups is 1. The minimum atomic E-state index is -0.0837. The van der Waals surface area contributed by atoms with Crippen LogP contribution in [0.3, 0.4) is 0 Å². The van der Waals surface area contributed by atoms with E-state index >= 15 is 0 Å². The maximum Gasteiger partial charge on any atom is 0.243 e. The van der Waals surface area contributed by atoms with Gasteiger partial charge in [0.1, 0.15) is 5.75 Å². The first kappa shape index (κ1) is 14.8. The van der Waals surface area contributed by atoms with E-state index < -0.39 is 0 Å². The van der Waals surface area contributed by atoms with E-state index in [2.05, 4.69) is 26.5 Å². The average molecular weight is 359 g/mol. The van der Waals surface area contributed by atoms with Gasteiger partial charge in [0.05, 0.1) is 6.21 Å². The third-order valence-corrected chi connectivity index (χ3v) is 4.22. The Bertz CT molecular complexity index is 716. The maximum absolute atomic E-state index is 12.0. The molecule has 1 saturated carbocycles. The topological polar surface area (TPSA) is 61.7 Å². The first-order chi connectivity index (χ1) is 10.6. The maximum atomic E-state index is 12.0. The summed E-state index contributed by atoms with van der Waals surface area (Å²) < 4.78 is 0.837. The van der Waals surface area contributed by atoms with Gasteiger partial charge in [-0.1, -0.05) is 46.3 Å². The Morgan fingerprint density at radius 3 is 2.82 bits per heavy atom. The van der Waals surface area contributed by atoms with Crippen molar-refractivity contribution < 1.29 is 9.90 Å². The molecule has 2 N–H and O–H groups in total. The van der Waals surface area contributed by atoms with Crippen molar-refractivity contribution in [3.8, 4) is 5.75 Å². The number of aromatic hydroxyl groups is 1. The molecule has 0 aromatic heterocycles. The van der Waals surface area contributed by atoms with E-state index in [1.54, 1.807) is 18.2 Å². The summed E-state index contributed by atoms with van der Waals surface area (Å²) in [5, 5.41) is 13.6. The number of hydrogen-bond donors (Lipinski definition) is 2. The van der Waals surface area contributed by atoms with Crippen LogP contribution in [0.1, 0.15) is 23.5 Å². The summed E-state index contributed by atoms with van der Waals surface area (Å²) in [6, 6.07) is 15.1. The van der Waals surface area contributed by atoms with Crippen LogP contribution in [0.2, 0.25) is 0 Å². The number of carbonyl (C=O) groups excluding carboxylic acids is 1. The Kier molecular flexibility index (Phi) is 4.24. The monoisotopic (exact) mass is 358 g/mol. The number of rotatable bonds is 4. The molecule has 1 aliphatic carbocycles. The Labute approximate surface area is 137 Å². The number of phenolic OH excluding ortho intramolecular Hbond substituents is 1. The number of benzene rings is 2. The van der Waals surface area contributed by atoms with Crippen LogP contribution >= 0.6 is 15.9 Å². The average Bonchev–Trinajstić information content (AvgIpc) is 3.32. The van der Waals surface area contributed by atoms with Gasteiger partial charge in [0.25, 0.3) is 0 Å². The van der Waals surface area contributed by atoms with Gasteiger partial charge >= 0.3 is 0 Å². The molecule has 3 rings (SSSR count). The molecule has 0 aliphatic heterocycles. The highest BCUT2D eigenvalue weighted by atomic mass is 79.9. The fourth-order valence-electron chi connectivity index (χ4n) is 2.43. The van der Waals surface area contributed by atoms with Crippen LogP contribution in [-0.4, -0.2) is 17.2 Å². The minimum Gasteiger partial charge on any atom is -0.507 e. The van der Waals surface area contributed by atoms with Crippen molar-refractivity contribution in [2.75, 3.05) is 0 Å². The Morgan fingerprint density at radius 2 is 2.05 bits per heavy atom. The van der Waals surface area contributed by atoms with Crippen LogP contribution in [0.5, 0.6) is 5.75 Å². The van der Waals surface area contributed by atoms with E-state index in [4.69, 9.17) is 0 Å². The Hall–Kier alpha value is -2.14. The molecule has 2 unspecified atom stereocenters. The molecule has 0 radical (unpaired) electrons. The van der Waals surface area contributed by atoms with Gasteiger partial charge in [0, 0.05) is 16.0 Å². The quantitative estimate of drug-likeness (QED) is 0.649. The zero-order valence-electron chi connectivity index (χ0n) is 11.7. The number of halogens is 1. The molecule has 2 atom stereocenters. The second-order valence-corrected chi connectivity index (χ2v) is 6.21. The fourth-order valence-corrected chi connectivity index (χ4v) is 2.81. The second kappa shape index (κ2) is 6.32. The number of amides is 1. The molecule has 2 aromatic rings. The SMILES string of the molecule is O=C(N/N=C/c1cc(Br)ccc1O)C1CC1c1ccccc1. The summed E-state index contributed by atoms with van der Waals surface area (Å²) in [7, 11) is 0. The summed E-state index contributed by atoms with van der Waals surface area (Å²) in [5.41, 5.74) is 4.28. The summed E-state index contributed by atoms with van der Waals surface area (Å²) in [6.45, 7) is 0.